The predicted octanol–water partition coefficient (Wildman–Crippen LogP) is 3.89. The first-order valence-corrected chi connectivity index (χ1v) is 9.31. The van der Waals surface area contributed by atoms with E-state index in [1.165, 1.54) is 51.4 Å². The topological polar surface area (TPSA) is 52.3 Å². The van der Waals surface area contributed by atoms with Gasteiger partial charge in [0, 0.05) is 11.3 Å². The summed E-state index contributed by atoms with van der Waals surface area (Å²) >= 11 is 1.70. The molecule has 0 aliphatic heterocycles. The fraction of sp³-hybridized carbons (Fsp3) is 0.938. The Kier molecular flexibility index (Phi) is 10.2. The van der Waals surface area contributed by atoms with Crippen LogP contribution in [0.15, 0.2) is 0 Å². The lowest BCUT2D eigenvalue weighted by Gasteiger charge is -2.24. The van der Waals surface area contributed by atoms with E-state index >= 15 is 0 Å². The zero-order valence-corrected chi connectivity index (χ0v) is 13.8. The Morgan fingerprint density at radius 3 is 2.20 bits per heavy atom. The fourth-order valence-corrected chi connectivity index (χ4v) is 3.92. The van der Waals surface area contributed by atoms with E-state index in [9.17, 15) is 4.79 Å². The summed E-state index contributed by atoms with van der Waals surface area (Å²) in [5.74, 6) is 0.350. The summed E-state index contributed by atoms with van der Waals surface area (Å²) in [6, 6.07) is 0.230. The molecule has 0 amide bonds. The van der Waals surface area contributed by atoms with Gasteiger partial charge in [0.1, 0.15) is 0 Å². The first-order valence-electron chi connectivity index (χ1n) is 8.27. The molecule has 1 saturated carbocycles. The van der Waals surface area contributed by atoms with Gasteiger partial charge in [-0.25, -0.2) is 0 Å². The van der Waals surface area contributed by atoms with E-state index in [0.29, 0.717) is 17.6 Å². The smallest absolute Gasteiger partial charge is 0.315 e. The minimum Gasteiger partial charge on any atom is -0.465 e. The number of esters is 1. The van der Waals surface area contributed by atoms with Crippen LogP contribution in [0, 0.1) is 0 Å². The van der Waals surface area contributed by atoms with Gasteiger partial charge in [-0.15, -0.1) is 11.8 Å². The molecule has 0 bridgehead atoms. The first kappa shape index (κ1) is 17.8. The van der Waals surface area contributed by atoms with E-state index in [2.05, 4.69) is 0 Å². The molecule has 3 nitrogen and oxygen atoms in total. The van der Waals surface area contributed by atoms with Gasteiger partial charge in [0.2, 0.25) is 0 Å². The van der Waals surface area contributed by atoms with E-state index in [1.807, 2.05) is 6.92 Å². The molecule has 0 aromatic carbocycles. The van der Waals surface area contributed by atoms with Crippen LogP contribution < -0.4 is 5.73 Å². The Labute approximate surface area is 128 Å². The van der Waals surface area contributed by atoms with E-state index in [4.69, 9.17) is 10.5 Å². The molecular formula is C16H31NO2S. The summed E-state index contributed by atoms with van der Waals surface area (Å²) in [6.45, 7) is 2.32. The van der Waals surface area contributed by atoms with Gasteiger partial charge < -0.3 is 10.5 Å². The summed E-state index contributed by atoms with van der Waals surface area (Å²) < 4.78 is 5.00. The SMILES string of the molecule is CCOC(=O)CSC1CCCCCCCCCCC1N. The van der Waals surface area contributed by atoms with E-state index in [1.54, 1.807) is 11.8 Å². The molecule has 1 aliphatic rings. The van der Waals surface area contributed by atoms with Crippen molar-refractivity contribution >= 4 is 17.7 Å². The summed E-state index contributed by atoms with van der Waals surface area (Å²) in [7, 11) is 0. The van der Waals surface area contributed by atoms with Crippen molar-refractivity contribution in [3.8, 4) is 0 Å². The number of hydrogen-bond acceptors (Lipinski definition) is 4. The zero-order valence-electron chi connectivity index (χ0n) is 12.9. The summed E-state index contributed by atoms with van der Waals surface area (Å²) in [5.41, 5.74) is 6.35. The van der Waals surface area contributed by atoms with Crippen molar-refractivity contribution in [2.45, 2.75) is 82.4 Å². The van der Waals surface area contributed by atoms with Gasteiger partial charge in [0.25, 0.3) is 0 Å². The molecule has 118 valence electrons. The van der Waals surface area contributed by atoms with Gasteiger partial charge in [-0.1, -0.05) is 51.4 Å². The van der Waals surface area contributed by atoms with Crippen LogP contribution in [0.2, 0.25) is 0 Å². The standard InChI is InChI=1S/C16H31NO2S/c1-2-19-16(18)13-20-15-12-10-8-6-4-3-5-7-9-11-14(15)17/h14-15H,2-13,17H2,1H3. The molecule has 0 heterocycles. The second-order valence-electron chi connectivity index (χ2n) is 5.72. The number of hydrogen-bond donors (Lipinski definition) is 1. The molecule has 0 spiro atoms. The Morgan fingerprint density at radius 1 is 1.05 bits per heavy atom. The van der Waals surface area contributed by atoms with Crippen LogP contribution in [0.1, 0.15) is 71.1 Å². The third-order valence-electron chi connectivity index (χ3n) is 3.97. The second-order valence-corrected chi connectivity index (χ2v) is 6.95. The predicted molar refractivity (Wildman–Crippen MR) is 87.0 cm³/mol. The Bertz CT molecular complexity index is 261. The van der Waals surface area contributed by atoms with Crippen LogP contribution in [-0.4, -0.2) is 29.6 Å². The lowest BCUT2D eigenvalue weighted by atomic mass is 9.98. The number of carbonyl (C=O) groups excluding carboxylic acids is 1. The number of ether oxygens (including phenoxy) is 1. The fourth-order valence-electron chi connectivity index (χ4n) is 2.77. The van der Waals surface area contributed by atoms with Gasteiger partial charge in [0.05, 0.1) is 12.4 Å². The number of carbonyl (C=O) groups is 1. The Morgan fingerprint density at radius 2 is 1.60 bits per heavy atom. The van der Waals surface area contributed by atoms with Crippen molar-refractivity contribution in [2.75, 3.05) is 12.4 Å². The van der Waals surface area contributed by atoms with Crippen LogP contribution >= 0.6 is 11.8 Å². The van der Waals surface area contributed by atoms with Crippen molar-refractivity contribution in [1.82, 2.24) is 0 Å². The molecule has 1 rings (SSSR count). The van der Waals surface area contributed by atoms with Gasteiger partial charge in [-0.05, 0) is 19.8 Å². The van der Waals surface area contributed by atoms with Crippen molar-refractivity contribution in [2.24, 2.45) is 5.73 Å². The molecule has 1 aliphatic carbocycles. The molecule has 4 heteroatoms. The molecule has 2 N–H and O–H groups in total. The highest BCUT2D eigenvalue weighted by molar-refractivity contribution is 8.00. The average Bonchev–Trinajstić information content (AvgIpc) is 2.42. The Hall–Kier alpha value is -0.220. The molecule has 0 radical (unpaired) electrons. The molecular weight excluding hydrogens is 270 g/mol. The third-order valence-corrected chi connectivity index (χ3v) is 5.39. The van der Waals surface area contributed by atoms with Crippen molar-refractivity contribution in [3.05, 3.63) is 0 Å². The lowest BCUT2D eigenvalue weighted by Crippen LogP contribution is -2.33. The Balaban J connectivity index is 2.37. The molecule has 2 unspecified atom stereocenters. The minimum atomic E-state index is -0.101. The van der Waals surface area contributed by atoms with Crippen LogP contribution in [0.3, 0.4) is 0 Å². The highest BCUT2D eigenvalue weighted by Gasteiger charge is 2.19. The molecule has 0 saturated heterocycles. The highest BCUT2D eigenvalue weighted by atomic mass is 32.2. The van der Waals surface area contributed by atoms with Crippen LogP contribution in [0.5, 0.6) is 0 Å². The maximum absolute atomic E-state index is 11.5. The largest absolute Gasteiger partial charge is 0.465 e. The molecule has 0 aromatic heterocycles. The van der Waals surface area contributed by atoms with Gasteiger partial charge >= 0.3 is 5.97 Å². The van der Waals surface area contributed by atoms with Crippen LogP contribution in [-0.2, 0) is 9.53 Å². The van der Waals surface area contributed by atoms with Gasteiger partial charge in [0.15, 0.2) is 0 Å². The van der Waals surface area contributed by atoms with E-state index < -0.39 is 0 Å². The monoisotopic (exact) mass is 301 g/mol. The van der Waals surface area contributed by atoms with E-state index in [-0.39, 0.29) is 12.0 Å². The summed E-state index contributed by atoms with van der Waals surface area (Å²) in [5, 5.41) is 0.416. The maximum Gasteiger partial charge on any atom is 0.315 e. The number of thioether (sulfide) groups is 1. The number of nitrogens with two attached hydrogens (primary N) is 1. The molecule has 1 fully saturated rings. The summed E-state index contributed by atoms with van der Waals surface area (Å²) in [6.07, 6.45) is 12.8. The van der Waals surface area contributed by atoms with Crippen molar-refractivity contribution < 1.29 is 9.53 Å². The van der Waals surface area contributed by atoms with Gasteiger partial charge in [-0.3, -0.25) is 4.79 Å². The van der Waals surface area contributed by atoms with Crippen molar-refractivity contribution in [3.63, 3.8) is 0 Å². The quantitative estimate of drug-likeness (QED) is 0.800. The lowest BCUT2D eigenvalue weighted by molar-refractivity contribution is -0.139. The zero-order chi connectivity index (χ0) is 14.6. The second kappa shape index (κ2) is 11.4. The number of rotatable bonds is 4. The first-order chi connectivity index (χ1) is 9.74. The van der Waals surface area contributed by atoms with Crippen LogP contribution in [0.4, 0.5) is 0 Å². The molecule has 2 atom stereocenters. The van der Waals surface area contributed by atoms with E-state index in [0.717, 1.165) is 12.8 Å². The average molecular weight is 301 g/mol. The molecule has 0 aromatic rings. The minimum absolute atomic E-state index is 0.101. The van der Waals surface area contributed by atoms with Gasteiger partial charge in [-0.2, -0.15) is 0 Å². The van der Waals surface area contributed by atoms with Crippen molar-refractivity contribution in [1.29, 1.82) is 0 Å². The third kappa shape index (κ3) is 8.15. The maximum atomic E-state index is 11.5. The normalized spacial score (nSPS) is 26.3. The summed E-state index contributed by atoms with van der Waals surface area (Å²) in [4.78, 5) is 11.5. The molecule has 20 heavy (non-hydrogen) atoms. The van der Waals surface area contributed by atoms with Crippen LogP contribution in [0.25, 0.3) is 0 Å². The highest BCUT2D eigenvalue weighted by Crippen LogP contribution is 2.25.